The summed E-state index contributed by atoms with van der Waals surface area (Å²) < 4.78 is 5.50. The minimum Gasteiger partial charge on any atom is -0.490 e. The van der Waals surface area contributed by atoms with Crippen molar-refractivity contribution in [3.63, 3.8) is 0 Å². The summed E-state index contributed by atoms with van der Waals surface area (Å²) in [7, 11) is 0. The lowest BCUT2D eigenvalue weighted by molar-refractivity contribution is -0.138. The van der Waals surface area contributed by atoms with Crippen molar-refractivity contribution in [2.75, 3.05) is 0 Å². The summed E-state index contributed by atoms with van der Waals surface area (Å²) in [5, 5.41) is 9.33. The van der Waals surface area contributed by atoms with Crippen molar-refractivity contribution in [2.45, 2.75) is 33.3 Å². The van der Waals surface area contributed by atoms with Crippen LogP contribution in [0.5, 0.6) is 5.75 Å². The highest BCUT2D eigenvalue weighted by Crippen LogP contribution is 2.26. The van der Waals surface area contributed by atoms with Gasteiger partial charge in [0.15, 0.2) is 0 Å². The lowest BCUT2D eigenvalue weighted by Crippen LogP contribution is -2.16. The fraction of sp³-hybridized carbons (Fsp3) is 0.417. The third-order valence-corrected chi connectivity index (χ3v) is 2.81. The smallest absolute Gasteiger partial charge is 0.307 e. The zero-order chi connectivity index (χ0) is 12.3. The maximum absolute atomic E-state index is 10.5. The minimum absolute atomic E-state index is 0.0132. The molecule has 1 rings (SSSR count). The Hall–Kier alpha value is -1.22. The number of carboxylic acids is 1. The second-order valence-corrected chi connectivity index (χ2v) is 4.28. The van der Waals surface area contributed by atoms with Crippen molar-refractivity contribution in [3.8, 4) is 5.75 Å². The predicted molar refractivity (Wildman–Crippen MR) is 63.3 cm³/mol. The Balaban J connectivity index is 2.78. The highest BCUT2D eigenvalue weighted by molar-refractivity contribution is 6.32. The molecule has 1 atom stereocenters. The van der Waals surface area contributed by atoms with E-state index < -0.39 is 5.97 Å². The van der Waals surface area contributed by atoms with Crippen LogP contribution in [0.25, 0.3) is 0 Å². The van der Waals surface area contributed by atoms with Crippen LogP contribution in [0.2, 0.25) is 5.02 Å². The van der Waals surface area contributed by atoms with E-state index in [0.717, 1.165) is 16.1 Å². The molecule has 0 bridgehead atoms. The Morgan fingerprint density at radius 3 is 2.38 bits per heavy atom. The monoisotopic (exact) mass is 242 g/mol. The van der Waals surface area contributed by atoms with Gasteiger partial charge in [-0.1, -0.05) is 11.6 Å². The number of hydrogen-bond donors (Lipinski definition) is 1. The Bertz CT molecular complexity index is 378. The number of halogens is 1. The summed E-state index contributed by atoms with van der Waals surface area (Å²) in [4.78, 5) is 10.5. The van der Waals surface area contributed by atoms with Crippen molar-refractivity contribution in [1.82, 2.24) is 0 Å². The summed E-state index contributed by atoms with van der Waals surface area (Å²) >= 11 is 6.02. The first-order valence-corrected chi connectivity index (χ1v) is 5.43. The van der Waals surface area contributed by atoms with Crippen LogP contribution in [-0.2, 0) is 4.79 Å². The summed E-state index contributed by atoms with van der Waals surface area (Å²) in [6, 6.07) is 3.63. The second-order valence-electron chi connectivity index (χ2n) is 3.90. The first-order chi connectivity index (χ1) is 7.40. The SMILES string of the molecule is Cc1cc(O[C@H](C)CC(=O)O)cc(C)c1Cl. The van der Waals surface area contributed by atoms with Crippen LogP contribution in [0, 0.1) is 13.8 Å². The van der Waals surface area contributed by atoms with Gasteiger partial charge in [0.1, 0.15) is 11.9 Å². The number of aryl methyl sites for hydroxylation is 2. The van der Waals surface area contributed by atoms with Gasteiger partial charge in [-0.2, -0.15) is 0 Å². The Morgan fingerprint density at radius 1 is 1.44 bits per heavy atom. The van der Waals surface area contributed by atoms with Crippen molar-refractivity contribution < 1.29 is 14.6 Å². The fourth-order valence-electron chi connectivity index (χ4n) is 1.49. The lowest BCUT2D eigenvalue weighted by atomic mass is 10.1. The number of hydrogen-bond acceptors (Lipinski definition) is 2. The Labute approximate surface area is 100.0 Å². The van der Waals surface area contributed by atoms with E-state index in [1.54, 1.807) is 6.92 Å². The molecule has 1 aromatic rings. The Morgan fingerprint density at radius 2 is 1.94 bits per heavy atom. The van der Waals surface area contributed by atoms with Gasteiger partial charge in [-0.05, 0) is 44.0 Å². The maximum atomic E-state index is 10.5. The third-order valence-electron chi connectivity index (χ3n) is 2.21. The van der Waals surface area contributed by atoms with E-state index >= 15 is 0 Å². The molecule has 0 aliphatic heterocycles. The van der Waals surface area contributed by atoms with E-state index in [1.165, 1.54) is 0 Å². The highest BCUT2D eigenvalue weighted by atomic mass is 35.5. The lowest BCUT2D eigenvalue weighted by Gasteiger charge is -2.14. The van der Waals surface area contributed by atoms with Crippen molar-refractivity contribution >= 4 is 17.6 Å². The van der Waals surface area contributed by atoms with Crippen molar-refractivity contribution in [3.05, 3.63) is 28.3 Å². The van der Waals surface area contributed by atoms with Crippen LogP contribution in [0.4, 0.5) is 0 Å². The highest BCUT2D eigenvalue weighted by Gasteiger charge is 2.10. The molecule has 0 spiro atoms. The number of benzene rings is 1. The molecule has 0 heterocycles. The zero-order valence-electron chi connectivity index (χ0n) is 9.58. The van der Waals surface area contributed by atoms with Gasteiger partial charge in [-0.25, -0.2) is 0 Å². The van der Waals surface area contributed by atoms with Crippen molar-refractivity contribution in [1.29, 1.82) is 0 Å². The van der Waals surface area contributed by atoms with Crippen molar-refractivity contribution in [2.24, 2.45) is 0 Å². The second kappa shape index (κ2) is 5.21. The maximum Gasteiger partial charge on any atom is 0.307 e. The molecule has 0 unspecified atom stereocenters. The van der Waals surface area contributed by atoms with Crippen LogP contribution in [0.1, 0.15) is 24.5 Å². The predicted octanol–water partition coefficient (Wildman–Crippen LogP) is 3.20. The van der Waals surface area contributed by atoms with Gasteiger partial charge >= 0.3 is 5.97 Å². The normalized spacial score (nSPS) is 12.2. The van der Waals surface area contributed by atoms with Gasteiger partial charge in [0.2, 0.25) is 0 Å². The van der Waals surface area contributed by atoms with Crippen LogP contribution in [0.15, 0.2) is 12.1 Å². The van der Waals surface area contributed by atoms with E-state index in [4.69, 9.17) is 21.4 Å². The van der Waals surface area contributed by atoms with Gasteiger partial charge in [-0.15, -0.1) is 0 Å². The molecule has 0 aliphatic rings. The molecular weight excluding hydrogens is 228 g/mol. The minimum atomic E-state index is -0.866. The van der Waals surface area contributed by atoms with Gasteiger partial charge < -0.3 is 9.84 Å². The molecule has 0 radical (unpaired) electrons. The molecule has 0 aromatic heterocycles. The van der Waals surface area contributed by atoms with Crippen LogP contribution in [0.3, 0.4) is 0 Å². The topological polar surface area (TPSA) is 46.5 Å². The molecule has 16 heavy (non-hydrogen) atoms. The fourth-order valence-corrected chi connectivity index (χ4v) is 1.60. The average molecular weight is 243 g/mol. The first-order valence-electron chi connectivity index (χ1n) is 5.05. The van der Waals surface area contributed by atoms with Gasteiger partial charge in [0.05, 0.1) is 6.42 Å². The largest absolute Gasteiger partial charge is 0.490 e. The molecule has 0 amide bonds. The van der Waals surface area contributed by atoms with E-state index in [0.29, 0.717) is 5.75 Å². The van der Waals surface area contributed by atoms with E-state index in [1.807, 2.05) is 26.0 Å². The Kier molecular flexibility index (Phi) is 4.19. The number of rotatable bonds is 4. The first kappa shape index (κ1) is 12.8. The van der Waals surface area contributed by atoms with Gasteiger partial charge in [0.25, 0.3) is 0 Å². The van der Waals surface area contributed by atoms with Gasteiger partial charge in [0, 0.05) is 5.02 Å². The van der Waals surface area contributed by atoms with E-state index in [-0.39, 0.29) is 12.5 Å². The molecule has 88 valence electrons. The summed E-state index contributed by atoms with van der Waals surface area (Å²) in [5.41, 5.74) is 1.86. The molecule has 1 aromatic carbocycles. The van der Waals surface area contributed by atoms with E-state index in [9.17, 15) is 4.79 Å². The molecule has 4 heteroatoms. The molecule has 0 saturated heterocycles. The summed E-state index contributed by atoms with van der Waals surface area (Å²) in [6.45, 7) is 5.52. The molecule has 0 fully saturated rings. The number of aliphatic carboxylic acids is 1. The summed E-state index contributed by atoms with van der Waals surface area (Å²) in [6.07, 6.45) is -0.363. The number of ether oxygens (including phenoxy) is 1. The number of carboxylic acid groups (broad SMARTS) is 1. The quantitative estimate of drug-likeness (QED) is 0.882. The average Bonchev–Trinajstić information content (AvgIpc) is 2.12. The molecule has 0 aliphatic carbocycles. The third kappa shape index (κ3) is 3.42. The molecule has 0 saturated carbocycles. The van der Waals surface area contributed by atoms with Crippen LogP contribution in [-0.4, -0.2) is 17.2 Å². The molecular formula is C12H15ClO3. The molecule has 1 N–H and O–H groups in total. The number of carbonyl (C=O) groups is 1. The standard InChI is InChI=1S/C12H15ClO3/c1-7-4-10(5-8(2)12(7)13)16-9(3)6-11(14)15/h4-5,9H,6H2,1-3H3,(H,14,15)/t9-/m1/s1. The van der Waals surface area contributed by atoms with E-state index in [2.05, 4.69) is 0 Å². The zero-order valence-corrected chi connectivity index (χ0v) is 10.3. The summed E-state index contributed by atoms with van der Waals surface area (Å²) in [5.74, 6) is -0.206. The van der Waals surface area contributed by atoms with Crippen LogP contribution < -0.4 is 4.74 Å². The molecule has 3 nitrogen and oxygen atoms in total. The van der Waals surface area contributed by atoms with Gasteiger partial charge in [-0.3, -0.25) is 4.79 Å². The van der Waals surface area contributed by atoms with Crippen LogP contribution >= 0.6 is 11.6 Å².